The van der Waals surface area contributed by atoms with Gasteiger partial charge in [-0.25, -0.2) is 0 Å². The Kier molecular flexibility index (Phi) is 6.96. The van der Waals surface area contributed by atoms with Gasteiger partial charge in [0.2, 0.25) is 5.84 Å². The van der Waals surface area contributed by atoms with Crippen molar-refractivity contribution in [3.05, 3.63) is 90.0 Å². The second kappa shape index (κ2) is 9.83. The summed E-state index contributed by atoms with van der Waals surface area (Å²) >= 11 is 0. The average molecular weight is 401 g/mol. The van der Waals surface area contributed by atoms with Crippen molar-refractivity contribution >= 4 is 17.2 Å². The maximum atomic E-state index is 10.5. The highest BCUT2D eigenvalue weighted by molar-refractivity contribution is 5.99. The summed E-state index contributed by atoms with van der Waals surface area (Å²) in [5, 5.41) is 23.5. The molecule has 0 fully saturated rings. The lowest BCUT2D eigenvalue weighted by Crippen LogP contribution is -2.19. The molecule has 30 heavy (non-hydrogen) atoms. The average Bonchev–Trinajstić information content (AvgIpc) is 2.80. The van der Waals surface area contributed by atoms with Crippen LogP contribution in [0.15, 0.2) is 94.2 Å². The first-order valence-electron chi connectivity index (χ1n) is 10.2. The Labute approximate surface area is 178 Å². The van der Waals surface area contributed by atoms with Crippen molar-refractivity contribution in [1.29, 1.82) is 0 Å². The number of nitrogens with one attached hydrogen (secondary N) is 1. The van der Waals surface area contributed by atoms with Crippen molar-refractivity contribution in [3.63, 3.8) is 0 Å². The van der Waals surface area contributed by atoms with Crippen LogP contribution in [0.3, 0.4) is 0 Å². The van der Waals surface area contributed by atoms with Gasteiger partial charge < -0.3 is 5.11 Å². The van der Waals surface area contributed by atoms with Crippen molar-refractivity contribution < 1.29 is 5.11 Å². The molecule has 3 aromatic rings. The lowest BCUT2D eigenvalue weighted by molar-refractivity contribution is 0.431. The van der Waals surface area contributed by atoms with E-state index in [0.29, 0.717) is 11.5 Å². The van der Waals surface area contributed by atoms with Gasteiger partial charge in [0.15, 0.2) is 0 Å². The highest BCUT2D eigenvalue weighted by atomic mass is 16.3. The Morgan fingerprint density at radius 3 is 2.13 bits per heavy atom. The molecule has 0 amide bonds. The van der Waals surface area contributed by atoms with Crippen LogP contribution in [0.1, 0.15) is 44.7 Å². The lowest BCUT2D eigenvalue weighted by Gasteiger charge is -2.27. The van der Waals surface area contributed by atoms with Crippen LogP contribution in [0.5, 0.6) is 5.75 Å². The maximum absolute atomic E-state index is 10.5. The zero-order valence-electron chi connectivity index (χ0n) is 17.7. The molecule has 2 N–H and O–H groups in total. The van der Waals surface area contributed by atoms with E-state index in [9.17, 15) is 5.11 Å². The molecule has 3 rings (SSSR count). The Morgan fingerprint density at radius 2 is 1.53 bits per heavy atom. The minimum atomic E-state index is 0.0312. The van der Waals surface area contributed by atoms with E-state index in [4.69, 9.17) is 0 Å². The third kappa shape index (κ3) is 5.11. The fourth-order valence-electron chi connectivity index (χ4n) is 3.10. The summed E-state index contributed by atoms with van der Waals surface area (Å²) in [6.07, 6.45) is 2.00. The first-order chi connectivity index (χ1) is 14.6. The number of azo groups is 1. The van der Waals surface area contributed by atoms with Gasteiger partial charge in [-0.2, -0.15) is 5.10 Å². The summed E-state index contributed by atoms with van der Waals surface area (Å²) in [4.78, 5) is 0. The van der Waals surface area contributed by atoms with E-state index in [1.165, 1.54) is 0 Å². The monoisotopic (exact) mass is 400 g/mol. The van der Waals surface area contributed by atoms with Gasteiger partial charge in [-0.3, -0.25) is 5.43 Å². The molecule has 0 saturated carbocycles. The molecule has 0 bridgehead atoms. The van der Waals surface area contributed by atoms with E-state index >= 15 is 0 Å². The Balaban J connectivity index is 1.89. The number of hydrogen-bond acceptors (Lipinski definition) is 4. The highest BCUT2D eigenvalue weighted by Gasteiger charge is 2.23. The highest BCUT2D eigenvalue weighted by Crippen LogP contribution is 2.36. The number of benzene rings is 3. The molecular weight excluding hydrogens is 372 g/mol. The van der Waals surface area contributed by atoms with E-state index in [2.05, 4.69) is 41.5 Å². The van der Waals surface area contributed by atoms with Crippen molar-refractivity contribution in [2.24, 2.45) is 15.3 Å². The molecular formula is C25H28N4O. The van der Waals surface area contributed by atoms with Gasteiger partial charge in [0.05, 0.1) is 5.69 Å². The van der Waals surface area contributed by atoms with Crippen LogP contribution in [0, 0.1) is 0 Å². The number of phenolic OH excluding ortho intramolecular Hbond substituents is 1. The largest absolute Gasteiger partial charge is 0.506 e. The quantitative estimate of drug-likeness (QED) is 0.193. The Bertz CT molecular complexity index is 1010. The second-order valence-electron chi connectivity index (χ2n) is 7.45. The summed E-state index contributed by atoms with van der Waals surface area (Å²) in [7, 11) is 0. The predicted octanol–water partition coefficient (Wildman–Crippen LogP) is 7.03. The smallest absolute Gasteiger partial charge is 0.201 e. The SMILES string of the molecule is CCC(C)(CC)c1ccc(N=N/C(=N\Nc2ccccc2)c2ccccc2)c(O)c1. The summed E-state index contributed by atoms with van der Waals surface area (Å²) in [6.45, 7) is 6.53. The molecule has 5 heteroatoms. The van der Waals surface area contributed by atoms with Gasteiger partial charge in [-0.15, -0.1) is 10.2 Å². The second-order valence-corrected chi connectivity index (χ2v) is 7.45. The van der Waals surface area contributed by atoms with E-state index in [0.717, 1.165) is 29.7 Å². The lowest BCUT2D eigenvalue weighted by atomic mass is 9.78. The van der Waals surface area contributed by atoms with Crippen molar-refractivity contribution in [2.45, 2.75) is 39.0 Å². The molecule has 0 heterocycles. The number of phenols is 1. The number of nitrogens with zero attached hydrogens (tertiary/aromatic N) is 3. The Morgan fingerprint density at radius 1 is 0.900 bits per heavy atom. The van der Waals surface area contributed by atoms with E-state index < -0.39 is 0 Å². The van der Waals surface area contributed by atoms with E-state index in [1.807, 2.05) is 72.8 Å². The topological polar surface area (TPSA) is 69.3 Å². The van der Waals surface area contributed by atoms with Crippen LogP contribution in [0.4, 0.5) is 11.4 Å². The number of para-hydroxylation sites is 1. The van der Waals surface area contributed by atoms with Gasteiger partial charge in [0.25, 0.3) is 0 Å². The van der Waals surface area contributed by atoms with Gasteiger partial charge in [0.1, 0.15) is 11.4 Å². The molecule has 0 aliphatic carbocycles. The van der Waals surface area contributed by atoms with Gasteiger partial charge in [-0.05, 0) is 48.1 Å². The summed E-state index contributed by atoms with van der Waals surface area (Å²) in [5.41, 5.74) is 6.24. The van der Waals surface area contributed by atoms with Crippen LogP contribution in [-0.2, 0) is 5.41 Å². The fourth-order valence-corrected chi connectivity index (χ4v) is 3.10. The van der Waals surface area contributed by atoms with Crippen LogP contribution in [-0.4, -0.2) is 10.9 Å². The third-order valence-electron chi connectivity index (χ3n) is 5.58. The molecule has 0 spiro atoms. The van der Waals surface area contributed by atoms with Crippen LogP contribution in [0.2, 0.25) is 0 Å². The first-order valence-corrected chi connectivity index (χ1v) is 10.2. The molecule has 0 saturated heterocycles. The van der Waals surface area contributed by atoms with E-state index in [1.54, 1.807) is 6.07 Å². The molecule has 0 unspecified atom stereocenters. The molecule has 3 aromatic carbocycles. The minimum absolute atomic E-state index is 0.0312. The summed E-state index contributed by atoms with van der Waals surface area (Å²) in [6, 6.07) is 24.9. The molecule has 0 aromatic heterocycles. The molecule has 0 aliphatic rings. The minimum Gasteiger partial charge on any atom is -0.506 e. The maximum Gasteiger partial charge on any atom is 0.201 e. The predicted molar refractivity (Wildman–Crippen MR) is 124 cm³/mol. The van der Waals surface area contributed by atoms with Crippen molar-refractivity contribution in [1.82, 2.24) is 0 Å². The van der Waals surface area contributed by atoms with Gasteiger partial charge in [0, 0.05) is 5.56 Å². The van der Waals surface area contributed by atoms with Crippen molar-refractivity contribution in [3.8, 4) is 5.75 Å². The standard InChI is InChI=1S/C25H28N4O/c1-4-25(3,5-2)20-16-17-22(23(30)18-20)27-29-24(19-12-8-6-9-13-19)28-26-21-14-10-7-11-15-21/h6-18,26,30H,4-5H2,1-3H3/b28-24-,29-27?. The summed E-state index contributed by atoms with van der Waals surface area (Å²) in [5.74, 6) is 0.544. The molecule has 0 radical (unpaired) electrons. The van der Waals surface area contributed by atoms with Crippen molar-refractivity contribution in [2.75, 3.05) is 5.43 Å². The number of aromatic hydroxyl groups is 1. The van der Waals surface area contributed by atoms with E-state index in [-0.39, 0.29) is 11.2 Å². The fraction of sp³-hybridized carbons (Fsp3) is 0.240. The zero-order valence-corrected chi connectivity index (χ0v) is 17.7. The zero-order chi connectivity index (χ0) is 21.4. The van der Waals surface area contributed by atoms with Crippen LogP contribution >= 0.6 is 0 Å². The molecule has 0 atom stereocenters. The summed E-state index contributed by atoms with van der Waals surface area (Å²) < 4.78 is 0. The molecule has 0 aliphatic heterocycles. The molecule has 154 valence electrons. The number of hydrogen-bond donors (Lipinski definition) is 2. The normalized spacial score (nSPS) is 12.3. The number of hydrazone groups is 1. The third-order valence-corrected chi connectivity index (χ3v) is 5.58. The van der Waals surface area contributed by atoms with Crippen LogP contribution in [0.25, 0.3) is 0 Å². The number of anilines is 1. The van der Waals surface area contributed by atoms with Gasteiger partial charge in [-0.1, -0.05) is 75.4 Å². The Hall–Kier alpha value is -3.47. The first kappa shape index (κ1) is 21.2. The number of rotatable bonds is 7. The number of amidine groups is 1. The van der Waals surface area contributed by atoms with Crippen LogP contribution < -0.4 is 5.43 Å². The molecule has 5 nitrogen and oxygen atoms in total. The van der Waals surface area contributed by atoms with Gasteiger partial charge >= 0.3 is 0 Å².